The molecule has 1 aliphatic rings. The maximum absolute atomic E-state index is 12.4. The Morgan fingerprint density at radius 1 is 1.42 bits per heavy atom. The van der Waals surface area contributed by atoms with Crippen LogP contribution in [0.1, 0.15) is 46.0 Å². The molecule has 24 heavy (non-hydrogen) atoms. The molecule has 1 heterocycles. The van der Waals surface area contributed by atoms with Crippen molar-refractivity contribution in [2.45, 2.75) is 62.4 Å². The standard InChI is InChI=1S/C18H25N3O2S/c1-3-23-14-9-10-15-16(11-14)21-18(20-15)24-12(2)17(22)19-13-7-5-4-6-8-13/h9-13H,3-8H2,1-2H3,(H,19,22)(H,20,21). The van der Waals surface area contributed by atoms with Crippen LogP contribution in [-0.4, -0.2) is 33.8 Å². The molecule has 1 saturated carbocycles. The van der Waals surface area contributed by atoms with E-state index >= 15 is 0 Å². The topological polar surface area (TPSA) is 67.0 Å². The van der Waals surface area contributed by atoms with E-state index in [0.717, 1.165) is 34.8 Å². The summed E-state index contributed by atoms with van der Waals surface area (Å²) in [6, 6.07) is 6.15. The summed E-state index contributed by atoms with van der Waals surface area (Å²) in [5, 5.41) is 3.78. The maximum Gasteiger partial charge on any atom is 0.233 e. The lowest BCUT2D eigenvalue weighted by molar-refractivity contribution is -0.121. The molecule has 1 aromatic heterocycles. The van der Waals surface area contributed by atoms with Gasteiger partial charge in [0.1, 0.15) is 5.75 Å². The first kappa shape index (κ1) is 17.1. The van der Waals surface area contributed by atoms with Gasteiger partial charge in [0.05, 0.1) is 22.9 Å². The highest BCUT2D eigenvalue weighted by Gasteiger charge is 2.21. The molecule has 0 spiro atoms. The molecule has 0 saturated heterocycles. The van der Waals surface area contributed by atoms with Crippen LogP contribution < -0.4 is 10.1 Å². The van der Waals surface area contributed by atoms with Crippen molar-refractivity contribution in [3.63, 3.8) is 0 Å². The fraction of sp³-hybridized carbons (Fsp3) is 0.556. The summed E-state index contributed by atoms with van der Waals surface area (Å²) in [5.41, 5.74) is 1.82. The zero-order valence-electron chi connectivity index (χ0n) is 14.3. The monoisotopic (exact) mass is 347 g/mol. The van der Waals surface area contributed by atoms with Crippen LogP contribution in [0.2, 0.25) is 0 Å². The Morgan fingerprint density at radius 2 is 2.21 bits per heavy atom. The highest BCUT2D eigenvalue weighted by Crippen LogP contribution is 2.26. The Hall–Kier alpha value is -1.69. The van der Waals surface area contributed by atoms with E-state index in [1.54, 1.807) is 0 Å². The number of aromatic amines is 1. The van der Waals surface area contributed by atoms with Gasteiger partial charge < -0.3 is 15.0 Å². The van der Waals surface area contributed by atoms with Crippen LogP contribution in [0.3, 0.4) is 0 Å². The number of nitrogens with zero attached hydrogens (tertiary/aromatic N) is 1. The molecule has 130 valence electrons. The van der Waals surface area contributed by atoms with Crippen LogP contribution >= 0.6 is 11.8 Å². The number of benzene rings is 1. The van der Waals surface area contributed by atoms with E-state index in [4.69, 9.17) is 4.74 Å². The number of hydrogen-bond acceptors (Lipinski definition) is 4. The third kappa shape index (κ3) is 4.23. The summed E-state index contributed by atoms with van der Waals surface area (Å²) >= 11 is 1.47. The number of nitrogens with one attached hydrogen (secondary N) is 2. The van der Waals surface area contributed by atoms with Gasteiger partial charge in [-0.3, -0.25) is 4.79 Å². The molecule has 1 atom stereocenters. The number of rotatable bonds is 6. The summed E-state index contributed by atoms with van der Waals surface area (Å²) in [6.07, 6.45) is 5.94. The summed E-state index contributed by atoms with van der Waals surface area (Å²) < 4.78 is 5.51. The van der Waals surface area contributed by atoms with Crippen LogP contribution in [0.15, 0.2) is 23.4 Å². The van der Waals surface area contributed by atoms with E-state index in [2.05, 4.69) is 15.3 Å². The van der Waals surface area contributed by atoms with Gasteiger partial charge in [0, 0.05) is 12.1 Å². The van der Waals surface area contributed by atoms with E-state index in [1.165, 1.54) is 31.0 Å². The summed E-state index contributed by atoms with van der Waals surface area (Å²) in [5.74, 6) is 0.927. The number of fused-ring (bicyclic) bond motifs is 1. The van der Waals surface area contributed by atoms with E-state index in [-0.39, 0.29) is 11.2 Å². The zero-order chi connectivity index (χ0) is 16.9. The number of hydrogen-bond donors (Lipinski definition) is 2. The van der Waals surface area contributed by atoms with Gasteiger partial charge >= 0.3 is 0 Å². The van der Waals surface area contributed by atoms with Crippen molar-refractivity contribution in [2.24, 2.45) is 0 Å². The van der Waals surface area contributed by atoms with E-state index in [0.29, 0.717) is 12.6 Å². The largest absolute Gasteiger partial charge is 0.494 e. The second kappa shape index (κ2) is 7.92. The minimum Gasteiger partial charge on any atom is -0.494 e. The fourth-order valence-corrected chi connectivity index (χ4v) is 3.89. The van der Waals surface area contributed by atoms with Crippen molar-refractivity contribution in [3.05, 3.63) is 18.2 Å². The second-order valence-corrected chi connectivity index (χ2v) is 7.59. The molecule has 2 N–H and O–H groups in total. The highest BCUT2D eigenvalue weighted by atomic mass is 32.2. The zero-order valence-corrected chi connectivity index (χ0v) is 15.1. The summed E-state index contributed by atoms with van der Waals surface area (Å²) in [4.78, 5) is 20.2. The molecular weight excluding hydrogens is 322 g/mol. The third-order valence-electron chi connectivity index (χ3n) is 4.35. The Balaban J connectivity index is 1.61. The first-order valence-corrected chi connectivity index (χ1v) is 9.63. The van der Waals surface area contributed by atoms with Crippen LogP contribution in [0.25, 0.3) is 11.0 Å². The van der Waals surface area contributed by atoms with E-state index in [9.17, 15) is 4.79 Å². The molecule has 0 bridgehead atoms. The van der Waals surface area contributed by atoms with Crippen molar-refractivity contribution in [1.82, 2.24) is 15.3 Å². The fourth-order valence-electron chi connectivity index (χ4n) is 3.06. The molecule has 1 fully saturated rings. The van der Waals surface area contributed by atoms with Crippen LogP contribution in [-0.2, 0) is 4.79 Å². The van der Waals surface area contributed by atoms with Gasteiger partial charge in [-0.2, -0.15) is 0 Å². The van der Waals surface area contributed by atoms with Gasteiger partial charge in [-0.25, -0.2) is 4.98 Å². The van der Waals surface area contributed by atoms with Crippen LogP contribution in [0, 0.1) is 0 Å². The Kier molecular flexibility index (Phi) is 5.66. The van der Waals surface area contributed by atoms with Crippen LogP contribution in [0.5, 0.6) is 5.75 Å². The van der Waals surface area contributed by atoms with Gasteiger partial charge in [-0.1, -0.05) is 31.0 Å². The van der Waals surface area contributed by atoms with Crippen molar-refractivity contribution >= 4 is 28.7 Å². The number of thioether (sulfide) groups is 1. The molecule has 0 radical (unpaired) electrons. The van der Waals surface area contributed by atoms with Gasteiger partial charge in [0.15, 0.2) is 5.16 Å². The molecule has 1 aliphatic carbocycles. The molecule has 1 amide bonds. The lowest BCUT2D eigenvalue weighted by Gasteiger charge is -2.24. The Labute approximate surface area is 146 Å². The first-order valence-electron chi connectivity index (χ1n) is 8.75. The predicted molar refractivity (Wildman–Crippen MR) is 97.6 cm³/mol. The minimum absolute atomic E-state index is 0.0994. The summed E-state index contributed by atoms with van der Waals surface area (Å²) in [6.45, 7) is 4.53. The number of H-pyrrole nitrogens is 1. The van der Waals surface area contributed by atoms with Gasteiger partial charge in [0.25, 0.3) is 0 Å². The van der Waals surface area contributed by atoms with Crippen molar-refractivity contribution < 1.29 is 9.53 Å². The molecule has 3 rings (SSSR count). The number of ether oxygens (including phenoxy) is 1. The second-order valence-electron chi connectivity index (χ2n) is 6.26. The average molecular weight is 347 g/mol. The highest BCUT2D eigenvalue weighted by molar-refractivity contribution is 8.00. The molecule has 5 nitrogen and oxygen atoms in total. The number of amides is 1. The van der Waals surface area contributed by atoms with Gasteiger partial charge in [0.2, 0.25) is 5.91 Å². The number of carbonyl (C=O) groups is 1. The molecule has 1 unspecified atom stereocenters. The molecule has 6 heteroatoms. The van der Waals surface area contributed by atoms with Crippen molar-refractivity contribution in [2.75, 3.05) is 6.61 Å². The third-order valence-corrected chi connectivity index (χ3v) is 5.34. The molecule has 1 aromatic carbocycles. The quantitative estimate of drug-likeness (QED) is 0.778. The predicted octanol–water partition coefficient (Wildman–Crippen LogP) is 3.89. The average Bonchev–Trinajstić information content (AvgIpc) is 2.97. The minimum atomic E-state index is -0.168. The Bertz CT molecular complexity index is 695. The van der Waals surface area contributed by atoms with E-state index < -0.39 is 0 Å². The first-order chi connectivity index (χ1) is 11.7. The molecular formula is C18H25N3O2S. The van der Waals surface area contributed by atoms with Crippen molar-refractivity contribution in [1.29, 1.82) is 0 Å². The van der Waals surface area contributed by atoms with Gasteiger partial charge in [-0.05, 0) is 38.8 Å². The SMILES string of the molecule is CCOc1ccc2nc(SC(C)C(=O)NC3CCCCC3)[nH]c2c1. The number of aromatic nitrogens is 2. The van der Waals surface area contributed by atoms with Crippen molar-refractivity contribution in [3.8, 4) is 5.75 Å². The lowest BCUT2D eigenvalue weighted by Crippen LogP contribution is -2.40. The molecule has 0 aliphatic heterocycles. The Morgan fingerprint density at radius 3 is 2.96 bits per heavy atom. The summed E-state index contributed by atoms with van der Waals surface area (Å²) in [7, 11) is 0. The normalized spacial score (nSPS) is 16.9. The van der Waals surface area contributed by atoms with Crippen LogP contribution in [0.4, 0.5) is 0 Å². The molecule has 2 aromatic rings. The number of carbonyl (C=O) groups excluding carboxylic acids is 1. The smallest absolute Gasteiger partial charge is 0.233 e. The lowest BCUT2D eigenvalue weighted by atomic mass is 9.95. The maximum atomic E-state index is 12.4. The van der Waals surface area contributed by atoms with Gasteiger partial charge in [-0.15, -0.1) is 0 Å². The number of imidazole rings is 1. The van der Waals surface area contributed by atoms with E-state index in [1.807, 2.05) is 32.0 Å².